The molecule has 0 saturated carbocycles. The molecule has 0 aliphatic rings. The van der Waals surface area contributed by atoms with Gasteiger partial charge in [-0.2, -0.15) is 0 Å². The molecule has 0 unspecified atom stereocenters. The Morgan fingerprint density at radius 2 is 1.62 bits per heavy atom. The van der Waals surface area contributed by atoms with Crippen LogP contribution in [0.3, 0.4) is 0 Å². The summed E-state index contributed by atoms with van der Waals surface area (Å²) >= 11 is 5.99. The molecule has 6 heteroatoms. The first-order valence-corrected chi connectivity index (χ1v) is 11.5. The molecule has 174 valence electrons. The van der Waals surface area contributed by atoms with Gasteiger partial charge in [-0.05, 0) is 61.1 Å². The molecule has 0 heterocycles. The highest BCUT2D eigenvalue weighted by Crippen LogP contribution is 2.24. The minimum absolute atomic E-state index is 0.0371. The Balaban J connectivity index is 2.13. The van der Waals surface area contributed by atoms with Crippen molar-refractivity contribution < 1.29 is 14.3 Å². The summed E-state index contributed by atoms with van der Waals surface area (Å²) in [6, 6.07) is 14.4. The SMILES string of the molecule is CC[C@H](C)NC(=O)[C@H](C)N(Cc1ccc(Cl)cc1)C(=O)COc1ccc(C(C)(C)C)cc1. The molecular formula is C26H35ClN2O3. The lowest BCUT2D eigenvalue weighted by molar-refractivity contribution is -0.142. The Hall–Kier alpha value is -2.53. The van der Waals surface area contributed by atoms with Gasteiger partial charge in [-0.15, -0.1) is 0 Å². The van der Waals surface area contributed by atoms with Crippen molar-refractivity contribution in [3.8, 4) is 5.75 Å². The number of carbonyl (C=O) groups excluding carboxylic acids is 2. The van der Waals surface area contributed by atoms with Crippen molar-refractivity contribution in [1.82, 2.24) is 10.2 Å². The van der Waals surface area contributed by atoms with Gasteiger partial charge in [-0.25, -0.2) is 0 Å². The fraction of sp³-hybridized carbons (Fsp3) is 0.462. The van der Waals surface area contributed by atoms with E-state index in [9.17, 15) is 9.59 Å². The van der Waals surface area contributed by atoms with Gasteiger partial charge in [0.2, 0.25) is 5.91 Å². The van der Waals surface area contributed by atoms with Gasteiger partial charge in [-0.1, -0.05) is 63.6 Å². The van der Waals surface area contributed by atoms with Crippen LogP contribution < -0.4 is 10.1 Å². The minimum Gasteiger partial charge on any atom is -0.484 e. The van der Waals surface area contributed by atoms with Gasteiger partial charge >= 0.3 is 0 Å². The monoisotopic (exact) mass is 458 g/mol. The lowest BCUT2D eigenvalue weighted by Gasteiger charge is -2.29. The smallest absolute Gasteiger partial charge is 0.261 e. The number of hydrogen-bond acceptors (Lipinski definition) is 3. The van der Waals surface area contributed by atoms with E-state index in [1.807, 2.05) is 50.2 Å². The molecule has 2 aromatic rings. The highest BCUT2D eigenvalue weighted by molar-refractivity contribution is 6.30. The van der Waals surface area contributed by atoms with Gasteiger partial charge in [0, 0.05) is 17.6 Å². The number of benzene rings is 2. The van der Waals surface area contributed by atoms with E-state index in [4.69, 9.17) is 16.3 Å². The number of hydrogen-bond donors (Lipinski definition) is 1. The number of nitrogens with zero attached hydrogens (tertiary/aromatic N) is 1. The van der Waals surface area contributed by atoms with Crippen LogP contribution in [0, 0.1) is 0 Å². The maximum absolute atomic E-state index is 13.1. The third-order valence-electron chi connectivity index (χ3n) is 5.52. The van der Waals surface area contributed by atoms with Gasteiger partial charge in [0.1, 0.15) is 11.8 Å². The Bertz CT molecular complexity index is 889. The largest absolute Gasteiger partial charge is 0.484 e. The third-order valence-corrected chi connectivity index (χ3v) is 5.77. The van der Waals surface area contributed by atoms with Gasteiger partial charge in [-0.3, -0.25) is 9.59 Å². The molecule has 0 aliphatic carbocycles. The van der Waals surface area contributed by atoms with E-state index in [2.05, 4.69) is 26.1 Å². The summed E-state index contributed by atoms with van der Waals surface area (Å²) < 4.78 is 5.76. The highest BCUT2D eigenvalue weighted by atomic mass is 35.5. The summed E-state index contributed by atoms with van der Waals surface area (Å²) in [6.07, 6.45) is 0.817. The minimum atomic E-state index is -0.640. The van der Waals surface area contributed by atoms with E-state index in [0.717, 1.165) is 12.0 Å². The molecular weight excluding hydrogens is 424 g/mol. The van der Waals surface area contributed by atoms with Crippen LogP contribution in [0.1, 0.15) is 59.1 Å². The van der Waals surface area contributed by atoms with Crippen molar-refractivity contribution in [3.05, 3.63) is 64.7 Å². The summed E-state index contributed by atoms with van der Waals surface area (Å²) in [5, 5.41) is 3.58. The number of halogens is 1. The second-order valence-corrected chi connectivity index (χ2v) is 9.64. The zero-order valence-corrected chi connectivity index (χ0v) is 20.7. The van der Waals surface area contributed by atoms with Gasteiger partial charge in [0.25, 0.3) is 5.91 Å². The summed E-state index contributed by atoms with van der Waals surface area (Å²) in [4.78, 5) is 27.4. The van der Waals surface area contributed by atoms with Crippen molar-refractivity contribution in [3.63, 3.8) is 0 Å². The second-order valence-electron chi connectivity index (χ2n) is 9.21. The van der Waals surface area contributed by atoms with Gasteiger partial charge < -0.3 is 15.0 Å². The molecule has 0 spiro atoms. The van der Waals surface area contributed by atoms with E-state index < -0.39 is 6.04 Å². The maximum atomic E-state index is 13.1. The van der Waals surface area contributed by atoms with Crippen LogP contribution in [0.25, 0.3) is 0 Å². The Labute approximate surface area is 197 Å². The molecule has 2 aromatic carbocycles. The molecule has 1 N–H and O–H groups in total. The molecule has 5 nitrogen and oxygen atoms in total. The Kier molecular flexibility index (Phi) is 9.14. The fourth-order valence-electron chi connectivity index (χ4n) is 3.11. The summed E-state index contributed by atoms with van der Waals surface area (Å²) in [5.41, 5.74) is 2.12. The molecule has 0 radical (unpaired) electrons. The van der Waals surface area contributed by atoms with Crippen LogP contribution in [0.4, 0.5) is 0 Å². The molecule has 0 aromatic heterocycles. The van der Waals surface area contributed by atoms with Crippen LogP contribution in [-0.2, 0) is 21.5 Å². The molecule has 0 fully saturated rings. The van der Waals surface area contributed by atoms with Crippen molar-refractivity contribution in [2.45, 2.75) is 72.0 Å². The number of ether oxygens (including phenoxy) is 1. The molecule has 32 heavy (non-hydrogen) atoms. The maximum Gasteiger partial charge on any atom is 0.261 e. The number of amides is 2. The summed E-state index contributed by atoms with van der Waals surface area (Å²) in [5.74, 6) is 0.178. The van der Waals surface area contributed by atoms with E-state index in [1.165, 1.54) is 5.56 Å². The number of rotatable bonds is 9. The van der Waals surface area contributed by atoms with Crippen molar-refractivity contribution >= 4 is 23.4 Å². The number of nitrogens with one attached hydrogen (secondary N) is 1. The van der Waals surface area contributed by atoms with E-state index in [1.54, 1.807) is 24.0 Å². The molecule has 2 rings (SSSR count). The standard InChI is InChI=1S/C26H35ClN2O3/c1-7-18(2)28-25(31)19(3)29(16-20-8-12-22(27)13-9-20)24(30)17-32-23-14-10-21(11-15-23)26(4,5)6/h8-15,18-19H,7,16-17H2,1-6H3,(H,28,31)/t18-,19-/m0/s1. The zero-order chi connectivity index (χ0) is 23.9. The Morgan fingerprint density at radius 1 is 1.03 bits per heavy atom. The van der Waals surface area contributed by atoms with Crippen LogP contribution in [0.15, 0.2) is 48.5 Å². The average Bonchev–Trinajstić information content (AvgIpc) is 2.76. The average molecular weight is 459 g/mol. The first kappa shape index (κ1) is 25.7. The predicted molar refractivity (Wildman–Crippen MR) is 130 cm³/mol. The van der Waals surface area contributed by atoms with Crippen LogP contribution in [0.2, 0.25) is 5.02 Å². The molecule has 0 saturated heterocycles. The van der Waals surface area contributed by atoms with Crippen LogP contribution in [-0.4, -0.2) is 35.4 Å². The van der Waals surface area contributed by atoms with E-state index in [-0.39, 0.29) is 36.4 Å². The molecule has 0 bridgehead atoms. The lowest BCUT2D eigenvalue weighted by atomic mass is 9.87. The van der Waals surface area contributed by atoms with Crippen molar-refractivity contribution in [2.75, 3.05) is 6.61 Å². The van der Waals surface area contributed by atoms with Gasteiger partial charge in [0.05, 0.1) is 0 Å². The molecule has 2 amide bonds. The topological polar surface area (TPSA) is 58.6 Å². The summed E-state index contributed by atoms with van der Waals surface area (Å²) in [6.45, 7) is 12.3. The zero-order valence-electron chi connectivity index (χ0n) is 19.9. The van der Waals surface area contributed by atoms with Crippen molar-refractivity contribution in [2.24, 2.45) is 0 Å². The van der Waals surface area contributed by atoms with Gasteiger partial charge in [0.15, 0.2) is 6.61 Å². The normalized spacial score (nSPS) is 13.2. The van der Waals surface area contributed by atoms with Crippen molar-refractivity contribution in [1.29, 1.82) is 0 Å². The fourth-order valence-corrected chi connectivity index (χ4v) is 3.24. The molecule has 0 aliphatic heterocycles. The highest BCUT2D eigenvalue weighted by Gasteiger charge is 2.27. The Morgan fingerprint density at radius 3 is 2.16 bits per heavy atom. The second kappa shape index (κ2) is 11.4. The number of carbonyl (C=O) groups is 2. The first-order chi connectivity index (χ1) is 15.0. The predicted octanol–water partition coefficient (Wildman–Crippen LogP) is 5.35. The van der Waals surface area contributed by atoms with E-state index >= 15 is 0 Å². The summed E-state index contributed by atoms with van der Waals surface area (Å²) in [7, 11) is 0. The quantitative estimate of drug-likeness (QED) is 0.551. The van der Waals surface area contributed by atoms with E-state index in [0.29, 0.717) is 10.8 Å². The third kappa shape index (κ3) is 7.56. The first-order valence-electron chi connectivity index (χ1n) is 11.1. The van der Waals surface area contributed by atoms with Crippen LogP contribution >= 0.6 is 11.6 Å². The lowest BCUT2D eigenvalue weighted by Crippen LogP contribution is -2.50. The molecule has 2 atom stereocenters. The van der Waals surface area contributed by atoms with Crippen LogP contribution in [0.5, 0.6) is 5.75 Å².